The van der Waals surface area contributed by atoms with Crippen molar-refractivity contribution in [2.24, 2.45) is 23.2 Å². The first-order chi connectivity index (χ1) is 5.15. The molecule has 64 valence electrons. The second kappa shape index (κ2) is 2.24. The standard InChI is InChI=1S/C11H20/c1-8(2)4-5-10-7-11(10)6-9(11)3/h8-10H,4-7H2,1-3H3. The molecule has 0 N–H and O–H groups in total. The van der Waals surface area contributed by atoms with Crippen molar-refractivity contribution in [1.82, 2.24) is 0 Å². The topological polar surface area (TPSA) is 0 Å². The summed E-state index contributed by atoms with van der Waals surface area (Å²) < 4.78 is 0. The van der Waals surface area contributed by atoms with E-state index < -0.39 is 0 Å². The predicted molar refractivity (Wildman–Crippen MR) is 48.4 cm³/mol. The van der Waals surface area contributed by atoms with Gasteiger partial charge in [-0.05, 0) is 42.4 Å². The first-order valence-electron chi connectivity index (χ1n) is 5.15. The Morgan fingerprint density at radius 1 is 1.36 bits per heavy atom. The van der Waals surface area contributed by atoms with E-state index in [-0.39, 0.29) is 0 Å². The Bertz CT molecular complexity index is 159. The van der Waals surface area contributed by atoms with E-state index in [1.54, 1.807) is 12.8 Å². The van der Waals surface area contributed by atoms with Crippen LogP contribution in [0.2, 0.25) is 0 Å². The van der Waals surface area contributed by atoms with Crippen molar-refractivity contribution in [1.29, 1.82) is 0 Å². The van der Waals surface area contributed by atoms with Gasteiger partial charge in [-0.2, -0.15) is 0 Å². The van der Waals surface area contributed by atoms with Gasteiger partial charge in [0, 0.05) is 0 Å². The van der Waals surface area contributed by atoms with Crippen molar-refractivity contribution in [2.75, 3.05) is 0 Å². The summed E-state index contributed by atoms with van der Waals surface area (Å²) in [6.45, 7) is 7.10. The second-order valence-electron chi connectivity index (χ2n) is 5.21. The Hall–Kier alpha value is 0. The van der Waals surface area contributed by atoms with Gasteiger partial charge in [0.25, 0.3) is 0 Å². The van der Waals surface area contributed by atoms with Crippen molar-refractivity contribution < 1.29 is 0 Å². The maximum Gasteiger partial charge on any atom is -0.0238 e. The van der Waals surface area contributed by atoms with Gasteiger partial charge in [-0.1, -0.05) is 27.2 Å². The normalized spacial score (nSPS) is 46.9. The molecule has 2 rings (SSSR count). The van der Waals surface area contributed by atoms with E-state index in [0.717, 1.165) is 23.2 Å². The maximum atomic E-state index is 2.43. The van der Waals surface area contributed by atoms with Gasteiger partial charge in [0.05, 0.1) is 0 Å². The highest BCUT2D eigenvalue weighted by Crippen LogP contribution is 2.75. The van der Waals surface area contributed by atoms with Gasteiger partial charge >= 0.3 is 0 Å². The fourth-order valence-corrected chi connectivity index (χ4v) is 2.69. The van der Waals surface area contributed by atoms with E-state index in [9.17, 15) is 0 Å². The minimum absolute atomic E-state index is 0.912. The molecule has 2 saturated carbocycles. The fraction of sp³-hybridized carbons (Fsp3) is 1.00. The molecule has 0 aliphatic heterocycles. The first-order valence-corrected chi connectivity index (χ1v) is 5.15. The molecule has 0 aromatic rings. The molecule has 0 radical (unpaired) electrons. The lowest BCUT2D eigenvalue weighted by Crippen LogP contribution is -1.90. The smallest absolute Gasteiger partial charge is 0.0238 e. The molecule has 0 nitrogen and oxygen atoms in total. The Kier molecular flexibility index (Phi) is 1.56. The van der Waals surface area contributed by atoms with Crippen LogP contribution in [0.4, 0.5) is 0 Å². The predicted octanol–water partition coefficient (Wildman–Crippen LogP) is 3.47. The molecular weight excluding hydrogens is 132 g/mol. The van der Waals surface area contributed by atoms with Crippen LogP contribution >= 0.6 is 0 Å². The van der Waals surface area contributed by atoms with Gasteiger partial charge in [-0.25, -0.2) is 0 Å². The van der Waals surface area contributed by atoms with E-state index in [1.807, 2.05) is 0 Å². The molecule has 2 fully saturated rings. The number of rotatable bonds is 3. The lowest BCUT2D eigenvalue weighted by atomic mass is 10.0. The minimum Gasteiger partial charge on any atom is -0.0628 e. The fourth-order valence-electron chi connectivity index (χ4n) is 2.69. The van der Waals surface area contributed by atoms with Crippen LogP contribution in [0.1, 0.15) is 46.5 Å². The van der Waals surface area contributed by atoms with Crippen molar-refractivity contribution in [3.8, 4) is 0 Å². The lowest BCUT2D eigenvalue weighted by Gasteiger charge is -2.02. The molecule has 11 heavy (non-hydrogen) atoms. The van der Waals surface area contributed by atoms with E-state index in [4.69, 9.17) is 0 Å². The van der Waals surface area contributed by atoms with Crippen LogP contribution in [0.15, 0.2) is 0 Å². The van der Waals surface area contributed by atoms with Gasteiger partial charge in [-0.15, -0.1) is 0 Å². The van der Waals surface area contributed by atoms with Crippen molar-refractivity contribution in [2.45, 2.75) is 46.5 Å². The average molecular weight is 152 g/mol. The maximum absolute atomic E-state index is 2.43. The molecule has 0 aromatic carbocycles. The molecule has 0 bridgehead atoms. The molecule has 0 saturated heterocycles. The Balaban J connectivity index is 1.69. The van der Waals surface area contributed by atoms with E-state index >= 15 is 0 Å². The highest BCUT2D eigenvalue weighted by atomic mass is 14.7. The van der Waals surface area contributed by atoms with Gasteiger partial charge in [0.1, 0.15) is 0 Å². The summed E-state index contributed by atoms with van der Waals surface area (Å²) in [6.07, 6.45) is 6.10. The number of hydrogen-bond acceptors (Lipinski definition) is 0. The molecule has 2 aliphatic carbocycles. The molecule has 3 unspecified atom stereocenters. The quantitative estimate of drug-likeness (QED) is 0.581. The van der Waals surface area contributed by atoms with Crippen molar-refractivity contribution in [3.63, 3.8) is 0 Å². The number of hydrogen-bond donors (Lipinski definition) is 0. The van der Waals surface area contributed by atoms with Crippen LogP contribution in [0.3, 0.4) is 0 Å². The van der Waals surface area contributed by atoms with Crippen LogP contribution in [0.25, 0.3) is 0 Å². The van der Waals surface area contributed by atoms with Crippen LogP contribution in [-0.4, -0.2) is 0 Å². The molecular formula is C11H20. The van der Waals surface area contributed by atoms with Gasteiger partial charge in [0.2, 0.25) is 0 Å². The van der Waals surface area contributed by atoms with E-state index in [2.05, 4.69) is 20.8 Å². The molecule has 1 spiro atoms. The molecule has 2 aliphatic rings. The largest absolute Gasteiger partial charge is 0.0628 e. The average Bonchev–Trinajstić information content (AvgIpc) is 2.73. The van der Waals surface area contributed by atoms with Crippen molar-refractivity contribution in [3.05, 3.63) is 0 Å². The van der Waals surface area contributed by atoms with Crippen molar-refractivity contribution >= 4 is 0 Å². The molecule has 0 heterocycles. The summed E-state index contributed by atoms with van der Waals surface area (Å²) in [7, 11) is 0. The summed E-state index contributed by atoms with van der Waals surface area (Å²) >= 11 is 0. The summed E-state index contributed by atoms with van der Waals surface area (Å²) in [4.78, 5) is 0. The third-order valence-corrected chi connectivity index (χ3v) is 3.88. The monoisotopic (exact) mass is 152 g/mol. The second-order valence-corrected chi connectivity index (χ2v) is 5.21. The Morgan fingerprint density at radius 2 is 2.00 bits per heavy atom. The van der Waals surface area contributed by atoms with Crippen LogP contribution in [0.5, 0.6) is 0 Å². The van der Waals surface area contributed by atoms with Crippen LogP contribution in [0, 0.1) is 23.2 Å². The summed E-state index contributed by atoms with van der Waals surface area (Å²) in [5.41, 5.74) is 0.912. The Morgan fingerprint density at radius 3 is 2.36 bits per heavy atom. The van der Waals surface area contributed by atoms with Crippen LogP contribution < -0.4 is 0 Å². The zero-order chi connectivity index (χ0) is 8.06. The van der Waals surface area contributed by atoms with Gasteiger partial charge in [0.15, 0.2) is 0 Å². The molecule has 0 amide bonds. The zero-order valence-corrected chi connectivity index (χ0v) is 8.06. The lowest BCUT2D eigenvalue weighted by molar-refractivity contribution is 0.498. The SMILES string of the molecule is CC(C)CCC1CC12CC2C. The first kappa shape index (κ1) is 7.64. The highest BCUT2D eigenvalue weighted by molar-refractivity contribution is 5.16. The zero-order valence-electron chi connectivity index (χ0n) is 8.06. The van der Waals surface area contributed by atoms with Gasteiger partial charge in [-0.3, -0.25) is 0 Å². The van der Waals surface area contributed by atoms with E-state index in [0.29, 0.717) is 0 Å². The Labute approximate surface area is 70.4 Å². The van der Waals surface area contributed by atoms with Gasteiger partial charge < -0.3 is 0 Å². The summed E-state index contributed by atoms with van der Waals surface area (Å²) in [5, 5.41) is 0. The highest BCUT2D eigenvalue weighted by Gasteiger charge is 2.67. The third-order valence-electron chi connectivity index (χ3n) is 3.88. The molecule has 3 atom stereocenters. The third kappa shape index (κ3) is 1.21. The summed E-state index contributed by atoms with van der Waals surface area (Å²) in [5.74, 6) is 3.14. The summed E-state index contributed by atoms with van der Waals surface area (Å²) in [6, 6.07) is 0. The molecule has 0 aromatic heterocycles. The molecule has 0 heteroatoms. The minimum atomic E-state index is 0.912. The van der Waals surface area contributed by atoms with Crippen LogP contribution in [-0.2, 0) is 0 Å². The van der Waals surface area contributed by atoms with E-state index in [1.165, 1.54) is 12.8 Å².